The van der Waals surface area contributed by atoms with Gasteiger partial charge in [0.05, 0.1) is 24.2 Å². The molecule has 0 saturated heterocycles. The molecule has 0 amide bonds. The maximum Gasteiger partial charge on any atom is 0.127 e. The monoisotopic (exact) mass is 202 g/mol. The average molecular weight is 203 g/mol. The minimum Gasteiger partial charge on any atom is -0.390 e. The zero-order chi connectivity index (χ0) is 7.56. The number of aliphatic hydroxyl groups excluding tert-OH is 1. The molecule has 0 atom stereocenters. The van der Waals surface area contributed by atoms with Crippen molar-refractivity contribution in [2.45, 2.75) is 13.5 Å². The number of rotatable bonds is 1. The highest BCUT2D eigenvalue weighted by molar-refractivity contribution is 9.10. The van der Waals surface area contributed by atoms with Gasteiger partial charge in [-0.05, 0) is 22.9 Å². The summed E-state index contributed by atoms with van der Waals surface area (Å²) in [7, 11) is 0. The molecule has 3 nitrogen and oxygen atoms in total. The lowest BCUT2D eigenvalue weighted by atomic mass is 10.4. The van der Waals surface area contributed by atoms with Gasteiger partial charge in [-0.2, -0.15) is 0 Å². The van der Waals surface area contributed by atoms with E-state index in [1.807, 2.05) is 6.92 Å². The lowest BCUT2D eigenvalue weighted by Crippen LogP contribution is -1.93. The first-order chi connectivity index (χ1) is 4.74. The second-order valence-corrected chi connectivity index (χ2v) is 2.65. The SMILES string of the molecule is Cc1ncc(CO)nc1Br. The Hall–Kier alpha value is -0.480. The maximum atomic E-state index is 8.63. The minimum absolute atomic E-state index is 0.0636. The first-order valence-electron chi connectivity index (χ1n) is 2.83. The summed E-state index contributed by atoms with van der Waals surface area (Å²) in [6.07, 6.45) is 1.56. The van der Waals surface area contributed by atoms with Gasteiger partial charge in [-0.25, -0.2) is 4.98 Å². The third-order valence-electron chi connectivity index (χ3n) is 1.11. The van der Waals surface area contributed by atoms with Gasteiger partial charge in [0.2, 0.25) is 0 Å². The molecular formula is C6H7BrN2O. The lowest BCUT2D eigenvalue weighted by molar-refractivity contribution is 0.276. The third-order valence-corrected chi connectivity index (χ3v) is 1.86. The summed E-state index contributed by atoms with van der Waals surface area (Å²) in [5.41, 5.74) is 1.41. The van der Waals surface area contributed by atoms with E-state index in [1.54, 1.807) is 6.20 Å². The van der Waals surface area contributed by atoms with Gasteiger partial charge >= 0.3 is 0 Å². The van der Waals surface area contributed by atoms with Gasteiger partial charge in [0, 0.05) is 0 Å². The van der Waals surface area contributed by atoms with Crippen molar-refractivity contribution in [2.24, 2.45) is 0 Å². The Morgan fingerprint density at radius 3 is 2.90 bits per heavy atom. The number of nitrogens with zero attached hydrogens (tertiary/aromatic N) is 2. The Morgan fingerprint density at radius 2 is 2.40 bits per heavy atom. The summed E-state index contributed by atoms with van der Waals surface area (Å²) < 4.78 is 0.694. The lowest BCUT2D eigenvalue weighted by Gasteiger charge is -1.97. The Morgan fingerprint density at radius 1 is 1.70 bits per heavy atom. The molecule has 4 heteroatoms. The molecule has 0 saturated carbocycles. The van der Waals surface area contributed by atoms with E-state index in [-0.39, 0.29) is 6.61 Å². The minimum atomic E-state index is -0.0636. The summed E-state index contributed by atoms with van der Waals surface area (Å²) in [6.45, 7) is 1.78. The molecule has 0 aliphatic rings. The fourth-order valence-electron chi connectivity index (χ4n) is 0.537. The van der Waals surface area contributed by atoms with E-state index in [0.717, 1.165) is 5.69 Å². The van der Waals surface area contributed by atoms with Crippen molar-refractivity contribution < 1.29 is 5.11 Å². The number of halogens is 1. The molecule has 0 fully saturated rings. The van der Waals surface area contributed by atoms with Gasteiger partial charge in [-0.15, -0.1) is 0 Å². The maximum absolute atomic E-state index is 8.63. The van der Waals surface area contributed by atoms with Crippen molar-refractivity contribution in [3.8, 4) is 0 Å². The standard InChI is InChI=1S/C6H7BrN2O/c1-4-6(7)9-5(3-10)2-8-4/h2,10H,3H2,1H3. The molecule has 54 valence electrons. The Kier molecular flexibility index (Phi) is 2.34. The number of aryl methyl sites for hydroxylation is 1. The molecule has 0 unspecified atom stereocenters. The third kappa shape index (κ3) is 1.52. The predicted molar refractivity (Wildman–Crippen MR) is 40.4 cm³/mol. The molecule has 10 heavy (non-hydrogen) atoms. The average Bonchev–Trinajstić information content (AvgIpc) is 1.95. The summed E-state index contributed by atoms with van der Waals surface area (Å²) in [4.78, 5) is 7.98. The quantitative estimate of drug-likeness (QED) is 0.741. The number of aliphatic hydroxyl groups is 1. The van der Waals surface area contributed by atoms with E-state index >= 15 is 0 Å². The van der Waals surface area contributed by atoms with Crippen molar-refractivity contribution in [1.82, 2.24) is 9.97 Å². The molecule has 0 spiro atoms. The van der Waals surface area contributed by atoms with Crippen molar-refractivity contribution in [2.75, 3.05) is 0 Å². The smallest absolute Gasteiger partial charge is 0.127 e. The topological polar surface area (TPSA) is 46.0 Å². The van der Waals surface area contributed by atoms with Crippen molar-refractivity contribution >= 4 is 15.9 Å². The molecule has 0 aliphatic carbocycles. The van der Waals surface area contributed by atoms with Crippen LogP contribution in [0.3, 0.4) is 0 Å². The fraction of sp³-hybridized carbons (Fsp3) is 0.333. The Balaban J connectivity index is 3.04. The fourth-order valence-corrected chi connectivity index (χ4v) is 0.867. The van der Waals surface area contributed by atoms with Crippen molar-refractivity contribution in [3.63, 3.8) is 0 Å². The number of hydrogen-bond acceptors (Lipinski definition) is 3. The van der Waals surface area contributed by atoms with Crippen LogP contribution in [0.2, 0.25) is 0 Å². The van der Waals surface area contributed by atoms with Gasteiger partial charge in [0.15, 0.2) is 0 Å². The van der Waals surface area contributed by atoms with Crippen LogP contribution in [-0.2, 0) is 6.61 Å². The van der Waals surface area contributed by atoms with Crippen LogP contribution < -0.4 is 0 Å². The molecule has 0 radical (unpaired) electrons. The second kappa shape index (κ2) is 3.07. The van der Waals surface area contributed by atoms with E-state index in [2.05, 4.69) is 25.9 Å². The van der Waals surface area contributed by atoms with Crippen LogP contribution >= 0.6 is 15.9 Å². The molecule has 1 rings (SSSR count). The van der Waals surface area contributed by atoms with Crippen LogP contribution in [0.1, 0.15) is 11.4 Å². The van der Waals surface area contributed by atoms with E-state index in [0.29, 0.717) is 10.3 Å². The molecular weight excluding hydrogens is 196 g/mol. The Bertz CT molecular complexity index is 239. The summed E-state index contributed by atoms with van der Waals surface area (Å²) in [6, 6.07) is 0. The first kappa shape index (κ1) is 7.63. The second-order valence-electron chi connectivity index (χ2n) is 1.90. The molecule has 0 aliphatic heterocycles. The van der Waals surface area contributed by atoms with Gasteiger partial charge in [0.1, 0.15) is 4.60 Å². The van der Waals surface area contributed by atoms with Crippen LogP contribution in [0.25, 0.3) is 0 Å². The van der Waals surface area contributed by atoms with E-state index < -0.39 is 0 Å². The number of hydrogen-bond donors (Lipinski definition) is 1. The van der Waals surface area contributed by atoms with Gasteiger partial charge in [-0.1, -0.05) is 0 Å². The first-order valence-corrected chi connectivity index (χ1v) is 3.62. The van der Waals surface area contributed by atoms with Crippen LogP contribution in [-0.4, -0.2) is 15.1 Å². The summed E-state index contributed by atoms with van der Waals surface area (Å²) >= 11 is 3.20. The van der Waals surface area contributed by atoms with Crippen LogP contribution in [0.5, 0.6) is 0 Å². The van der Waals surface area contributed by atoms with Gasteiger partial charge in [-0.3, -0.25) is 4.98 Å². The van der Waals surface area contributed by atoms with Crippen molar-refractivity contribution in [3.05, 3.63) is 22.2 Å². The normalized spacial score (nSPS) is 9.90. The predicted octanol–water partition coefficient (Wildman–Crippen LogP) is 1.04. The van der Waals surface area contributed by atoms with Gasteiger partial charge < -0.3 is 5.11 Å². The Labute approximate surface area is 67.3 Å². The largest absolute Gasteiger partial charge is 0.390 e. The molecule has 1 aromatic heterocycles. The van der Waals surface area contributed by atoms with Crippen molar-refractivity contribution in [1.29, 1.82) is 0 Å². The molecule has 0 aromatic carbocycles. The van der Waals surface area contributed by atoms with Crippen LogP contribution in [0.4, 0.5) is 0 Å². The molecule has 1 heterocycles. The molecule has 1 aromatic rings. The zero-order valence-corrected chi connectivity index (χ0v) is 7.09. The highest BCUT2D eigenvalue weighted by Gasteiger charge is 1.97. The molecule has 1 N–H and O–H groups in total. The molecule has 0 bridgehead atoms. The van der Waals surface area contributed by atoms with Crippen LogP contribution in [0, 0.1) is 6.92 Å². The summed E-state index contributed by atoms with van der Waals surface area (Å²) in [5.74, 6) is 0. The van der Waals surface area contributed by atoms with Crippen LogP contribution in [0.15, 0.2) is 10.8 Å². The summed E-state index contributed by atoms with van der Waals surface area (Å²) in [5, 5.41) is 8.63. The highest BCUT2D eigenvalue weighted by atomic mass is 79.9. The van der Waals surface area contributed by atoms with Gasteiger partial charge in [0.25, 0.3) is 0 Å². The van der Waals surface area contributed by atoms with E-state index in [9.17, 15) is 0 Å². The van der Waals surface area contributed by atoms with E-state index in [1.165, 1.54) is 0 Å². The van der Waals surface area contributed by atoms with E-state index in [4.69, 9.17) is 5.11 Å². The number of aromatic nitrogens is 2. The zero-order valence-electron chi connectivity index (χ0n) is 5.50. The highest BCUT2D eigenvalue weighted by Crippen LogP contribution is 2.09.